The van der Waals surface area contributed by atoms with Crippen LogP contribution in [0.5, 0.6) is 0 Å². The van der Waals surface area contributed by atoms with Gasteiger partial charge in [-0.15, -0.1) is 0 Å². The number of aromatic amines is 1. The van der Waals surface area contributed by atoms with E-state index in [0.29, 0.717) is 0 Å². The van der Waals surface area contributed by atoms with Crippen LogP contribution in [0.25, 0.3) is 0 Å². The summed E-state index contributed by atoms with van der Waals surface area (Å²) in [4.78, 5) is 17.4. The summed E-state index contributed by atoms with van der Waals surface area (Å²) in [7, 11) is 0. The topological polar surface area (TPSA) is 55.0 Å². The Kier molecular flexibility index (Phi) is 4.43. The maximum Gasteiger partial charge on any atom is 0.356 e. The van der Waals surface area contributed by atoms with Crippen molar-refractivity contribution in [1.82, 2.24) is 9.97 Å². The minimum absolute atomic E-state index is 0.0966. The quantitative estimate of drug-likeness (QED) is 0.408. The number of rotatable bonds is 4. The molecule has 2 rings (SSSR count). The zero-order valence-corrected chi connectivity index (χ0v) is 11.1. The van der Waals surface area contributed by atoms with Crippen molar-refractivity contribution in [2.24, 2.45) is 0 Å². The molecule has 1 heterocycles. The van der Waals surface area contributed by atoms with Gasteiger partial charge in [0.1, 0.15) is 11.5 Å². The lowest BCUT2D eigenvalue weighted by Crippen LogP contribution is -2.09. The van der Waals surface area contributed by atoms with Crippen molar-refractivity contribution < 1.29 is 31.5 Å². The van der Waals surface area contributed by atoms with Gasteiger partial charge in [-0.05, 0) is 6.92 Å². The molecule has 0 radical (unpaired) electrons. The number of hydrogen-bond acceptors (Lipinski definition) is 3. The predicted molar refractivity (Wildman–Crippen MR) is 63.6 cm³/mol. The normalized spacial score (nSPS) is 10.8. The summed E-state index contributed by atoms with van der Waals surface area (Å²) >= 11 is 0. The van der Waals surface area contributed by atoms with Gasteiger partial charge in [-0.25, -0.2) is 31.7 Å². The monoisotopic (exact) mass is 320 g/mol. The number of carbonyl (C=O) groups is 1. The number of imidazole rings is 1. The van der Waals surface area contributed by atoms with Crippen LogP contribution in [-0.2, 0) is 11.2 Å². The van der Waals surface area contributed by atoms with Crippen molar-refractivity contribution in [3.05, 3.63) is 52.4 Å². The third kappa shape index (κ3) is 2.78. The van der Waals surface area contributed by atoms with Crippen molar-refractivity contribution in [2.75, 3.05) is 6.61 Å². The van der Waals surface area contributed by atoms with E-state index in [1.165, 1.54) is 0 Å². The first-order chi connectivity index (χ1) is 10.4. The van der Waals surface area contributed by atoms with Gasteiger partial charge < -0.3 is 9.72 Å². The van der Waals surface area contributed by atoms with Crippen LogP contribution < -0.4 is 0 Å². The van der Waals surface area contributed by atoms with Crippen molar-refractivity contribution in [1.29, 1.82) is 0 Å². The van der Waals surface area contributed by atoms with Crippen LogP contribution in [-0.4, -0.2) is 22.5 Å². The number of halogens is 5. The molecule has 1 aromatic heterocycles. The van der Waals surface area contributed by atoms with Gasteiger partial charge in [0.05, 0.1) is 12.8 Å². The number of H-pyrrole nitrogens is 1. The molecular formula is C13H9F5N2O2. The third-order valence-corrected chi connectivity index (χ3v) is 2.77. The van der Waals surface area contributed by atoms with Crippen molar-refractivity contribution in [3.8, 4) is 0 Å². The highest BCUT2D eigenvalue weighted by Crippen LogP contribution is 2.24. The highest BCUT2D eigenvalue weighted by atomic mass is 19.2. The van der Waals surface area contributed by atoms with E-state index in [0.717, 1.165) is 6.20 Å². The SMILES string of the molecule is CCOC(=O)c1cnc(Cc2c(F)c(F)c(F)c(F)c2F)[nH]1. The van der Waals surface area contributed by atoms with E-state index in [4.69, 9.17) is 0 Å². The van der Waals surface area contributed by atoms with Crippen molar-refractivity contribution in [3.63, 3.8) is 0 Å². The first-order valence-electron chi connectivity index (χ1n) is 6.08. The van der Waals surface area contributed by atoms with Crippen LogP contribution in [0.4, 0.5) is 22.0 Å². The molecule has 0 aliphatic heterocycles. The molecule has 0 atom stereocenters. The van der Waals surface area contributed by atoms with Gasteiger partial charge in [-0.2, -0.15) is 0 Å². The molecule has 4 nitrogen and oxygen atoms in total. The lowest BCUT2D eigenvalue weighted by molar-refractivity contribution is 0.0520. The van der Waals surface area contributed by atoms with E-state index in [2.05, 4.69) is 14.7 Å². The Balaban J connectivity index is 2.34. The predicted octanol–water partition coefficient (Wildman–Crippen LogP) is 2.87. The average Bonchev–Trinajstić information content (AvgIpc) is 2.96. The summed E-state index contributed by atoms with van der Waals surface area (Å²) in [5.41, 5.74) is -1.14. The molecule has 9 heteroatoms. The van der Waals surface area contributed by atoms with Crippen LogP contribution in [0.2, 0.25) is 0 Å². The second-order valence-corrected chi connectivity index (χ2v) is 4.19. The standard InChI is InChI=1S/C13H9F5N2O2/c1-2-22-13(21)6-4-19-7(20-6)3-5-8(14)10(16)12(18)11(17)9(5)15/h4H,2-3H2,1H3,(H,19,20). The zero-order chi connectivity index (χ0) is 16.4. The van der Waals surface area contributed by atoms with Crippen LogP contribution in [0.15, 0.2) is 6.20 Å². The molecule has 0 saturated carbocycles. The Hall–Kier alpha value is -2.45. The minimum atomic E-state index is -2.23. The second-order valence-electron chi connectivity index (χ2n) is 4.19. The molecule has 118 valence electrons. The maximum atomic E-state index is 13.5. The number of benzene rings is 1. The van der Waals surface area contributed by atoms with E-state index in [1.807, 2.05) is 0 Å². The molecular weight excluding hydrogens is 311 g/mol. The van der Waals surface area contributed by atoms with Crippen LogP contribution in [0, 0.1) is 29.1 Å². The molecule has 22 heavy (non-hydrogen) atoms. The van der Waals surface area contributed by atoms with Gasteiger partial charge in [0.25, 0.3) is 0 Å². The molecule has 0 saturated heterocycles. The number of esters is 1. The number of nitrogens with zero attached hydrogens (tertiary/aromatic N) is 1. The lowest BCUT2D eigenvalue weighted by atomic mass is 10.1. The molecule has 0 bridgehead atoms. The molecule has 0 fully saturated rings. The summed E-state index contributed by atoms with van der Waals surface area (Å²) in [6.45, 7) is 1.68. The minimum Gasteiger partial charge on any atom is -0.461 e. The largest absolute Gasteiger partial charge is 0.461 e. The van der Waals surface area contributed by atoms with E-state index in [-0.39, 0.29) is 18.1 Å². The summed E-state index contributed by atoms with van der Waals surface area (Å²) in [5.74, 6) is -11.1. The Bertz CT molecular complexity index is 700. The van der Waals surface area contributed by atoms with Gasteiger partial charge >= 0.3 is 5.97 Å². The van der Waals surface area contributed by atoms with Crippen molar-refractivity contribution >= 4 is 5.97 Å². The smallest absolute Gasteiger partial charge is 0.356 e. The third-order valence-electron chi connectivity index (χ3n) is 2.77. The highest BCUT2D eigenvalue weighted by molar-refractivity contribution is 5.86. The maximum absolute atomic E-state index is 13.5. The fourth-order valence-electron chi connectivity index (χ4n) is 1.74. The van der Waals surface area contributed by atoms with Crippen LogP contribution in [0.3, 0.4) is 0 Å². The van der Waals surface area contributed by atoms with Gasteiger partial charge in [0.15, 0.2) is 23.3 Å². The van der Waals surface area contributed by atoms with Crippen LogP contribution in [0.1, 0.15) is 28.8 Å². The molecule has 0 amide bonds. The van der Waals surface area contributed by atoms with E-state index in [1.54, 1.807) is 6.92 Å². The van der Waals surface area contributed by atoms with Gasteiger partial charge in [-0.1, -0.05) is 0 Å². The zero-order valence-electron chi connectivity index (χ0n) is 11.1. The fraction of sp³-hybridized carbons (Fsp3) is 0.231. The van der Waals surface area contributed by atoms with E-state index >= 15 is 0 Å². The lowest BCUT2D eigenvalue weighted by Gasteiger charge is -2.06. The number of nitrogens with one attached hydrogen (secondary N) is 1. The molecule has 0 spiro atoms. The molecule has 0 aliphatic carbocycles. The molecule has 1 aromatic carbocycles. The number of ether oxygens (including phenoxy) is 1. The number of hydrogen-bond donors (Lipinski definition) is 1. The first kappa shape index (κ1) is 15.9. The van der Waals surface area contributed by atoms with Gasteiger partial charge in [0.2, 0.25) is 5.82 Å². The Morgan fingerprint density at radius 1 is 1.09 bits per heavy atom. The number of carbonyl (C=O) groups excluding carboxylic acids is 1. The fourth-order valence-corrected chi connectivity index (χ4v) is 1.74. The summed E-state index contributed by atoms with van der Waals surface area (Å²) < 4.78 is 70.8. The highest BCUT2D eigenvalue weighted by Gasteiger charge is 2.26. The first-order valence-corrected chi connectivity index (χ1v) is 6.08. The molecule has 0 aliphatic rings. The molecule has 1 N–H and O–H groups in total. The summed E-state index contributed by atoms with van der Waals surface area (Å²) in [6.07, 6.45) is 0.338. The van der Waals surface area contributed by atoms with Gasteiger partial charge in [0, 0.05) is 12.0 Å². The Labute approximate surface area is 120 Å². The van der Waals surface area contributed by atoms with E-state index < -0.39 is 47.0 Å². The summed E-state index contributed by atoms with van der Waals surface area (Å²) in [5, 5.41) is 0. The summed E-state index contributed by atoms with van der Waals surface area (Å²) in [6, 6.07) is 0. The van der Waals surface area contributed by atoms with E-state index in [9.17, 15) is 26.7 Å². The van der Waals surface area contributed by atoms with Gasteiger partial charge in [-0.3, -0.25) is 0 Å². The Morgan fingerprint density at radius 2 is 1.64 bits per heavy atom. The second kappa shape index (κ2) is 6.12. The number of aromatic nitrogens is 2. The van der Waals surface area contributed by atoms with Crippen molar-refractivity contribution in [2.45, 2.75) is 13.3 Å². The molecule has 2 aromatic rings. The molecule has 0 unspecified atom stereocenters. The van der Waals surface area contributed by atoms with Crippen LogP contribution >= 0.6 is 0 Å². The Morgan fingerprint density at radius 3 is 2.18 bits per heavy atom. The average molecular weight is 320 g/mol.